The molecular formula is C16H28N2O. The minimum Gasteiger partial charge on any atom is -0.350 e. The average molecular weight is 264 g/mol. The van der Waals surface area contributed by atoms with Crippen LogP contribution in [0, 0.1) is 23.2 Å². The molecule has 4 aliphatic rings. The van der Waals surface area contributed by atoms with Crippen LogP contribution in [0.25, 0.3) is 0 Å². The Kier molecular flexibility index (Phi) is 2.97. The van der Waals surface area contributed by atoms with Crippen molar-refractivity contribution >= 4 is 5.91 Å². The smallest absolute Gasteiger partial charge is 0.237 e. The summed E-state index contributed by atoms with van der Waals surface area (Å²) < 4.78 is 0. The lowest BCUT2D eigenvalue weighted by molar-refractivity contribution is -0.134. The molecule has 1 amide bonds. The number of rotatable bonds is 2. The molecule has 0 saturated heterocycles. The molecule has 0 aromatic heterocycles. The van der Waals surface area contributed by atoms with Gasteiger partial charge in [-0.3, -0.25) is 4.79 Å². The molecule has 0 aromatic rings. The molecule has 4 aliphatic carbocycles. The highest BCUT2D eigenvalue weighted by molar-refractivity contribution is 5.83. The van der Waals surface area contributed by atoms with Crippen molar-refractivity contribution in [3.05, 3.63) is 0 Å². The van der Waals surface area contributed by atoms with Crippen molar-refractivity contribution in [2.75, 3.05) is 0 Å². The number of carbonyl (C=O) groups excluding carboxylic acids is 1. The summed E-state index contributed by atoms with van der Waals surface area (Å²) in [4.78, 5) is 12.4. The van der Waals surface area contributed by atoms with Crippen LogP contribution in [0.4, 0.5) is 0 Å². The van der Waals surface area contributed by atoms with Crippen LogP contribution in [-0.4, -0.2) is 17.5 Å². The summed E-state index contributed by atoms with van der Waals surface area (Å²) in [5.41, 5.74) is 6.34. The molecule has 4 saturated carbocycles. The SMILES string of the molecule is CC(C)(C)NC(=O)C(N)C12CC3CC(CC(C3)C1)C2. The van der Waals surface area contributed by atoms with E-state index < -0.39 is 0 Å². The lowest BCUT2D eigenvalue weighted by Crippen LogP contribution is -2.61. The second-order valence-corrected chi connectivity index (χ2v) is 8.50. The summed E-state index contributed by atoms with van der Waals surface area (Å²) in [5.74, 6) is 2.61. The van der Waals surface area contributed by atoms with Gasteiger partial charge in [0.15, 0.2) is 0 Å². The van der Waals surface area contributed by atoms with E-state index >= 15 is 0 Å². The van der Waals surface area contributed by atoms with Crippen LogP contribution in [0.5, 0.6) is 0 Å². The fourth-order valence-electron chi connectivity index (χ4n) is 5.28. The summed E-state index contributed by atoms with van der Waals surface area (Å²) in [6.45, 7) is 6.08. The van der Waals surface area contributed by atoms with Crippen LogP contribution in [0.3, 0.4) is 0 Å². The van der Waals surface area contributed by atoms with E-state index in [1.54, 1.807) is 0 Å². The van der Waals surface area contributed by atoms with Gasteiger partial charge in [-0.25, -0.2) is 0 Å². The Hall–Kier alpha value is -0.570. The van der Waals surface area contributed by atoms with Gasteiger partial charge in [-0.05, 0) is 82.5 Å². The normalized spacial score (nSPS) is 42.2. The molecule has 0 aromatic carbocycles. The molecular weight excluding hydrogens is 236 g/mol. The molecule has 108 valence electrons. The van der Waals surface area contributed by atoms with E-state index in [-0.39, 0.29) is 22.9 Å². The lowest BCUT2D eigenvalue weighted by Gasteiger charge is -2.58. The van der Waals surface area contributed by atoms with Crippen molar-refractivity contribution in [2.24, 2.45) is 28.9 Å². The first-order chi connectivity index (χ1) is 8.77. The van der Waals surface area contributed by atoms with Crippen molar-refractivity contribution < 1.29 is 4.79 Å². The highest BCUT2D eigenvalue weighted by Crippen LogP contribution is 2.61. The van der Waals surface area contributed by atoms with E-state index in [1.807, 2.05) is 20.8 Å². The van der Waals surface area contributed by atoms with Gasteiger partial charge in [0.05, 0.1) is 6.04 Å². The monoisotopic (exact) mass is 264 g/mol. The third kappa shape index (κ3) is 2.42. The van der Waals surface area contributed by atoms with Crippen molar-refractivity contribution in [1.82, 2.24) is 5.32 Å². The topological polar surface area (TPSA) is 55.1 Å². The van der Waals surface area contributed by atoms with E-state index in [4.69, 9.17) is 5.73 Å². The van der Waals surface area contributed by atoms with Gasteiger partial charge in [0.1, 0.15) is 0 Å². The van der Waals surface area contributed by atoms with Gasteiger partial charge in [0.2, 0.25) is 5.91 Å². The molecule has 0 radical (unpaired) electrons. The number of nitrogens with one attached hydrogen (secondary N) is 1. The molecule has 4 bridgehead atoms. The highest BCUT2D eigenvalue weighted by atomic mass is 16.2. The number of nitrogens with two attached hydrogens (primary N) is 1. The maximum atomic E-state index is 12.4. The zero-order valence-electron chi connectivity index (χ0n) is 12.5. The number of hydrogen-bond acceptors (Lipinski definition) is 2. The van der Waals surface area contributed by atoms with E-state index in [0.29, 0.717) is 0 Å². The predicted molar refractivity (Wildman–Crippen MR) is 76.5 cm³/mol. The Balaban J connectivity index is 1.76. The molecule has 19 heavy (non-hydrogen) atoms. The molecule has 4 rings (SSSR count). The Bertz CT molecular complexity index is 347. The minimum atomic E-state index is -0.305. The molecule has 3 heteroatoms. The number of carbonyl (C=O) groups is 1. The van der Waals surface area contributed by atoms with Crippen LogP contribution in [0.15, 0.2) is 0 Å². The van der Waals surface area contributed by atoms with E-state index in [9.17, 15) is 4.79 Å². The first-order valence-corrected chi connectivity index (χ1v) is 7.85. The summed E-state index contributed by atoms with van der Waals surface area (Å²) in [6.07, 6.45) is 7.76. The molecule has 3 nitrogen and oxygen atoms in total. The fraction of sp³-hybridized carbons (Fsp3) is 0.938. The van der Waals surface area contributed by atoms with Gasteiger partial charge in [0, 0.05) is 5.54 Å². The van der Waals surface area contributed by atoms with Crippen LogP contribution in [0.2, 0.25) is 0 Å². The Morgan fingerprint density at radius 1 is 1.11 bits per heavy atom. The van der Waals surface area contributed by atoms with Crippen molar-refractivity contribution in [1.29, 1.82) is 0 Å². The van der Waals surface area contributed by atoms with Crippen LogP contribution < -0.4 is 11.1 Å². The molecule has 1 atom stereocenters. The van der Waals surface area contributed by atoms with Gasteiger partial charge in [-0.2, -0.15) is 0 Å². The third-order valence-corrected chi connectivity index (χ3v) is 5.53. The van der Waals surface area contributed by atoms with Crippen molar-refractivity contribution in [3.8, 4) is 0 Å². The molecule has 3 N–H and O–H groups in total. The molecule has 0 spiro atoms. The van der Waals surface area contributed by atoms with Crippen molar-refractivity contribution in [3.63, 3.8) is 0 Å². The van der Waals surface area contributed by atoms with Gasteiger partial charge >= 0.3 is 0 Å². The third-order valence-electron chi connectivity index (χ3n) is 5.53. The first-order valence-electron chi connectivity index (χ1n) is 7.85. The average Bonchev–Trinajstić information content (AvgIpc) is 2.23. The summed E-state index contributed by atoms with van der Waals surface area (Å²) in [7, 11) is 0. The van der Waals surface area contributed by atoms with E-state index in [2.05, 4.69) is 5.32 Å². The largest absolute Gasteiger partial charge is 0.350 e. The molecule has 4 fully saturated rings. The lowest BCUT2D eigenvalue weighted by atomic mass is 9.47. The zero-order valence-corrected chi connectivity index (χ0v) is 12.5. The second kappa shape index (κ2) is 4.21. The minimum absolute atomic E-state index is 0.0643. The maximum absolute atomic E-state index is 12.4. The number of hydrogen-bond donors (Lipinski definition) is 2. The molecule has 0 aliphatic heterocycles. The summed E-state index contributed by atoms with van der Waals surface area (Å²) in [5, 5.41) is 3.08. The maximum Gasteiger partial charge on any atom is 0.237 e. The Morgan fingerprint density at radius 3 is 1.89 bits per heavy atom. The predicted octanol–water partition coefficient (Wildman–Crippen LogP) is 2.44. The van der Waals surface area contributed by atoms with Gasteiger partial charge in [0.25, 0.3) is 0 Å². The number of amides is 1. The Labute approximate surface area is 116 Å². The first kappa shape index (κ1) is 13.4. The standard InChI is InChI=1S/C16H28N2O/c1-15(2,3)18-14(19)13(17)16-7-10-4-11(8-16)6-12(5-10)9-16/h10-13H,4-9,17H2,1-3H3,(H,18,19). The highest BCUT2D eigenvalue weighted by Gasteiger charge is 2.55. The fourth-order valence-corrected chi connectivity index (χ4v) is 5.28. The molecule has 1 unspecified atom stereocenters. The second-order valence-electron chi connectivity index (χ2n) is 8.50. The Morgan fingerprint density at radius 2 is 1.53 bits per heavy atom. The summed E-state index contributed by atoms with van der Waals surface area (Å²) >= 11 is 0. The van der Waals surface area contributed by atoms with Gasteiger partial charge in [-0.1, -0.05) is 0 Å². The van der Waals surface area contributed by atoms with Gasteiger partial charge < -0.3 is 11.1 Å². The summed E-state index contributed by atoms with van der Waals surface area (Å²) in [6, 6.07) is -0.305. The van der Waals surface area contributed by atoms with E-state index in [1.165, 1.54) is 38.5 Å². The van der Waals surface area contributed by atoms with Crippen LogP contribution in [0.1, 0.15) is 59.3 Å². The van der Waals surface area contributed by atoms with Crippen LogP contribution in [-0.2, 0) is 4.79 Å². The van der Waals surface area contributed by atoms with Crippen LogP contribution >= 0.6 is 0 Å². The molecule has 0 heterocycles. The quantitative estimate of drug-likeness (QED) is 0.805. The van der Waals surface area contributed by atoms with Crippen molar-refractivity contribution in [2.45, 2.75) is 70.9 Å². The van der Waals surface area contributed by atoms with E-state index in [0.717, 1.165) is 17.8 Å². The zero-order chi connectivity index (χ0) is 13.8. The van der Waals surface area contributed by atoms with Gasteiger partial charge in [-0.15, -0.1) is 0 Å².